The molecule has 0 aliphatic rings. The number of hydrogen-bond acceptors (Lipinski definition) is 3. The minimum atomic E-state index is -5.91. The average molecular weight is 379 g/mol. The van der Waals surface area contributed by atoms with Gasteiger partial charge in [-0.3, -0.25) is 4.79 Å². The van der Waals surface area contributed by atoms with Gasteiger partial charge in [0.2, 0.25) is 0 Å². The average Bonchev–Trinajstić information content (AvgIpc) is 2.83. The minimum absolute atomic E-state index is 0.116. The zero-order valence-corrected chi connectivity index (χ0v) is 13.1. The van der Waals surface area contributed by atoms with Gasteiger partial charge in [0.05, 0.1) is 11.4 Å². The summed E-state index contributed by atoms with van der Waals surface area (Å²) in [7, 11) is 0. The summed E-state index contributed by atoms with van der Waals surface area (Å²) in [6.07, 6.45) is -5.91. The number of nitrogens with zero attached hydrogens (tertiary/aromatic N) is 3. The molecule has 2 aromatic heterocycles. The lowest BCUT2D eigenvalue weighted by atomic mass is 10.2. The van der Waals surface area contributed by atoms with Crippen molar-refractivity contribution in [2.24, 2.45) is 0 Å². The standard InChI is InChI=1S/C14H8ClF5N4O/c1-6-9-10(24(23-6)8-4-2-3-7(15)5-8)21-12(22-11(9)25)13(16,17)14(18,19)20/h2-5H,1H3,(H,21,22,25). The smallest absolute Gasteiger partial charge is 0.304 e. The highest BCUT2D eigenvalue weighted by atomic mass is 35.5. The highest BCUT2D eigenvalue weighted by Crippen LogP contribution is 2.42. The maximum absolute atomic E-state index is 13.6. The van der Waals surface area contributed by atoms with Crippen LogP contribution in [0, 0.1) is 6.92 Å². The van der Waals surface area contributed by atoms with Gasteiger partial charge in [0.25, 0.3) is 5.56 Å². The molecule has 0 saturated heterocycles. The SMILES string of the molecule is Cc1nn(-c2cccc(Cl)c2)c2nc(C(F)(F)C(F)(F)F)[nH]c(=O)c12. The van der Waals surface area contributed by atoms with Crippen LogP contribution in [0.4, 0.5) is 22.0 Å². The predicted molar refractivity (Wildman–Crippen MR) is 79.2 cm³/mol. The van der Waals surface area contributed by atoms with E-state index in [2.05, 4.69) is 10.1 Å². The summed E-state index contributed by atoms with van der Waals surface area (Å²) in [5, 5.41) is 4.09. The van der Waals surface area contributed by atoms with Gasteiger partial charge in [0.15, 0.2) is 11.5 Å². The van der Waals surface area contributed by atoms with Crippen LogP contribution in [0.15, 0.2) is 29.1 Å². The fourth-order valence-electron chi connectivity index (χ4n) is 2.26. The number of benzene rings is 1. The van der Waals surface area contributed by atoms with Crippen molar-refractivity contribution >= 4 is 22.6 Å². The van der Waals surface area contributed by atoms with Crippen LogP contribution >= 0.6 is 11.6 Å². The van der Waals surface area contributed by atoms with Crippen molar-refractivity contribution in [3.05, 3.63) is 51.2 Å². The first-order valence-corrected chi connectivity index (χ1v) is 7.11. The molecule has 3 aromatic rings. The molecule has 0 fully saturated rings. The third kappa shape index (κ3) is 2.76. The van der Waals surface area contributed by atoms with Gasteiger partial charge in [-0.05, 0) is 25.1 Å². The van der Waals surface area contributed by atoms with Crippen LogP contribution in [0.5, 0.6) is 0 Å². The zero-order chi connectivity index (χ0) is 18.6. The molecule has 1 aromatic carbocycles. The Morgan fingerprint density at radius 3 is 2.48 bits per heavy atom. The highest BCUT2D eigenvalue weighted by molar-refractivity contribution is 6.30. The van der Waals surface area contributed by atoms with Crippen LogP contribution in [-0.2, 0) is 5.92 Å². The largest absolute Gasteiger partial charge is 0.461 e. The zero-order valence-electron chi connectivity index (χ0n) is 12.3. The highest BCUT2D eigenvalue weighted by Gasteiger charge is 2.61. The molecule has 0 radical (unpaired) electrons. The number of fused-ring (bicyclic) bond motifs is 1. The van der Waals surface area contributed by atoms with Crippen molar-refractivity contribution in [3.63, 3.8) is 0 Å². The molecule has 0 bridgehead atoms. The van der Waals surface area contributed by atoms with Gasteiger partial charge in [-0.15, -0.1) is 0 Å². The lowest BCUT2D eigenvalue weighted by Crippen LogP contribution is -2.37. The van der Waals surface area contributed by atoms with Crippen LogP contribution in [0.3, 0.4) is 0 Å². The normalized spacial score (nSPS) is 12.8. The fourth-order valence-corrected chi connectivity index (χ4v) is 2.44. The molecule has 2 heterocycles. The number of aromatic amines is 1. The van der Waals surface area contributed by atoms with Crippen molar-refractivity contribution in [1.29, 1.82) is 0 Å². The van der Waals surface area contributed by atoms with Crippen LogP contribution in [-0.4, -0.2) is 25.9 Å². The second-order valence-corrected chi connectivity index (χ2v) is 5.60. The second-order valence-electron chi connectivity index (χ2n) is 5.16. The molecule has 132 valence electrons. The Bertz CT molecular complexity index is 1020. The number of aryl methyl sites for hydroxylation is 1. The predicted octanol–water partition coefficient (Wildman–Crippen LogP) is 3.72. The molecule has 11 heteroatoms. The van der Waals surface area contributed by atoms with Gasteiger partial charge in [0, 0.05) is 5.02 Å². The van der Waals surface area contributed by atoms with E-state index in [4.69, 9.17) is 11.6 Å². The molecule has 0 aliphatic carbocycles. The summed E-state index contributed by atoms with van der Waals surface area (Å²) in [5.74, 6) is -7.13. The first kappa shape index (κ1) is 17.3. The van der Waals surface area contributed by atoms with E-state index in [1.807, 2.05) is 0 Å². The van der Waals surface area contributed by atoms with Gasteiger partial charge in [-0.25, -0.2) is 9.67 Å². The van der Waals surface area contributed by atoms with Crippen molar-refractivity contribution in [2.75, 3.05) is 0 Å². The summed E-state index contributed by atoms with van der Waals surface area (Å²) in [4.78, 5) is 16.9. The lowest BCUT2D eigenvalue weighted by molar-refractivity contribution is -0.292. The van der Waals surface area contributed by atoms with Gasteiger partial charge in [-0.2, -0.15) is 27.1 Å². The van der Waals surface area contributed by atoms with E-state index >= 15 is 0 Å². The van der Waals surface area contributed by atoms with Crippen molar-refractivity contribution < 1.29 is 22.0 Å². The monoisotopic (exact) mass is 378 g/mol. The Morgan fingerprint density at radius 1 is 1.20 bits per heavy atom. The minimum Gasteiger partial charge on any atom is -0.304 e. The van der Waals surface area contributed by atoms with E-state index in [9.17, 15) is 26.7 Å². The van der Waals surface area contributed by atoms with Gasteiger partial charge in [0.1, 0.15) is 5.39 Å². The van der Waals surface area contributed by atoms with E-state index in [0.29, 0.717) is 0 Å². The Balaban J connectivity index is 2.34. The third-order valence-corrected chi connectivity index (χ3v) is 3.65. The number of rotatable bonds is 2. The molecule has 0 saturated carbocycles. The molecular formula is C14H8ClF5N4O. The van der Waals surface area contributed by atoms with Crippen molar-refractivity contribution in [3.8, 4) is 5.69 Å². The maximum atomic E-state index is 13.6. The van der Waals surface area contributed by atoms with Crippen molar-refractivity contribution in [2.45, 2.75) is 19.0 Å². The van der Waals surface area contributed by atoms with Gasteiger partial charge < -0.3 is 4.98 Å². The molecule has 3 rings (SSSR count). The molecule has 25 heavy (non-hydrogen) atoms. The number of aromatic nitrogens is 4. The number of nitrogens with one attached hydrogen (secondary N) is 1. The molecule has 0 amide bonds. The van der Waals surface area contributed by atoms with E-state index in [1.165, 1.54) is 36.2 Å². The van der Waals surface area contributed by atoms with Crippen LogP contribution in [0.1, 0.15) is 11.5 Å². The Morgan fingerprint density at radius 2 is 1.88 bits per heavy atom. The molecular weight excluding hydrogens is 371 g/mol. The second kappa shape index (κ2) is 5.51. The first-order chi connectivity index (χ1) is 11.5. The molecule has 5 nitrogen and oxygen atoms in total. The van der Waals surface area contributed by atoms with E-state index in [1.54, 1.807) is 0 Å². The quantitative estimate of drug-likeness (QED) is 0.691. The third-order valence-electron chi connectivity index (χ3n) is 3.42. The van der Waals surface area contributed by atoms with Crippen LogP contribution in [0.2, 0.25) is 5.02 Å². The molecule has 0 aliphatic heterocycles. The summed E-state index contributed by atoms with van der Waals surface area (Å²) < 4.78 is 65.9. The van der Waals surface area contributed by atoms with Crippen LogP contribution in [0.25, 0.3) is 16.7 Å². The summed E-state index contributed by atoms with van der Waals surface area (Å²) >= 11 is 5.85. The topological polar surface area (TPSA) is 63.6 Å². The Kier molecular flexibility index (Phi) is 3.82. The molecule has 0 atom stereocenters. The Labute approximate surface area is 141 Å². The lowest BCUT2D eigenvalue weighted by Gasteiger charge is -2.18. The fraction of sp³-hybridized carbons (Fsp3) is 0.214. The number of alkyl halides is 5. The molecule has 0 unspecified atom stereocenters. The van der Waals surface area contributed by atoms with E-state index in [-0.39, 0.29) is 21.8 Å². The van der Waals surface area contributed by atoms with E-state index in [0.717, 1.165) is 4.68 Å². The van der Waals surface area contributed by atoms with Gasteiger partial charge >= 0.3 is 12.1 Å². The van der Waals surface area contributed by atoms with Crippen LogP contribution < -0.4 is 5.56 Å². The summed E-state index contributed by atoms with van der Waals surface area (Å²) in [6.45, 7) is 1.40. The van der Waals surface area contributed by atoms with Gasteiger partial charge in [-0.1, -0.05) is 17.7 Å². The Hall–Kier alpha value is -2.49. The molecule has 1 N–H and O–H groups in total. The summed E-state index contributed by atoms with van der Waals surface area (Å²) in [5.41, 5.74) is -1.20. The number of hydrogen-bond donors (Lipinski definition) is 1. The van der Waals surface area contributed by atoms with E-state index < -0.39 is 29.1 Å². The molecule has 0 spiro atoms. The summed E-state index contributed by atoms with van der Waals surface area (Å²) in [6, 6.07) is 5.95. The maximum Gasteiger partial charge on any atom is 0.461 e. The number of H-pyrrole nitrogens is 1. The van der Waals surface area contributed by atoms with Crippen molar-refractivity contribution in [1.82, 2.24) is 19.7 Å². The number of halogens is 6. The first-order valence-electron chi connectivity index (χ1n) is 6.73.